The molecule has 1 N–H and O–H groups in total. The summed E-state index contributed by atoms with van der Waals surface area (Å²) in [5.74, 6) is -2.20. The Morgan fingerprint density at radius 2 is 1.75 bits per heavy atom. The Labute approximate surface area is 314 Å². The average molecular weight is 741 g/mol. The Hall–Kier alpha value is -3.64. The number of likely N-dealkylation sites (tertiary alicyclic amines) is 1. The molecule has 3 rings (SSSR count). The number of methoxy groups -OCH3 is 1. The maximum Gasteiger partial charge on any atom is 0.308 e. The topological polar surface area (TPSA) is 135 Å². The minimum Gasteiger partial charge on any atom is -0.469 e. The normalized spacial score (nSPS) is 19.6. The van der Waals surface area contributed by atoms with Crippen LogP contribution in [0, 0.1) is 23.7 Å². The average Bonchev–Trinajstić information content (AvgIpc) is 3.74. The fraction of sp³-hybridized carbons (Fsp3) is 0.650. The number of nitrogens with zero attached hydrogens (tertiary/aromatic N) is 3. The van der Waals surface area contributed by atoms with Crippen LogP contribution in [0.3, 0.4) is 0 Å². The van der Waals surface area contributed by atoms with Gasteiger partial charge >= 0.3 is 11.9 Å². The largest absolute Gasteiger partial charge is 0.469 e. The van der Waals surface area contributed by atoms with Crippen LogP contribution in [0.5, 0.6) is 0 Å². The number of benzene rings is 1. The van der Waals surface area contributed by atoms with E-state index in [4.69, 9.17) is 9.47 Å². The number of esters is 2. The fourth-order valence-electron chi connectivity index (χ4n) is 7.22. The van der Waals surface area contributed by atoms with E-state index >= 15 is 0 Å². The molecule has 0 bridgehead atoms. The predicted octanol–water partition coefficient (Wildman–Crippen LogP) is 6.27. The first-order valence-corrected chi connectivity index (χ1v) is 19.5. The van der Waals surface area contributed by atoms with Gasteiger partial charge in [-0.3, -0.25) is 28.9 Å². The Morgan fingerprint density at radius 1 is 1.08 bits per heavy atom. The lowest BCUT2D eigenvalue weighted by Crippen LogP contribution is -2.50. The molecular weight excluding hydrogens is 681 g/mol. The van der Waals surface area contributed by atoms with Crippen LogP contribution in [0.25, 0.3) is 0 Å². The highest BCUT2D eigenvalue weighted by molar-refractivity contribution is 7.09. The first-order chi connectivity index (χ1) is 24.5. The summed E-state index contributed by atoms with van der Waals surface area (Å²) in [7, 11) is 5.09. The molecule has 0 radical (unpaired) electrons. The summed E-state index contributed by atoms with van der Waals surface area (Å²) in [4.78, 5) is 74.6. The summed E-state index contributed by atoms with van der Waals surface area (Å²) < 4.78 is 10.7. The molecule has 288 valence electrons. The Morgan fingerprint density at radius 3 is 2.31 bits per heavy atom. The van der Waals surface area contributed by atoms with Crippen molar-refractivity contribution in [3.8, 4) is 0 Å². The number of amides is 2. The lowest BCUT2D eigenvalue weighted by atomic mass is 9.80. The van der Waals surface area contributed by atoms with Gasteiger partial charge in [0.15, 0.2) is 11.9 Å². The number of ketones is 1. The molecular formula is C40H60N4O7S. The standard InChI is InChI=1S/C40H60N4O7S/c1-11-26(4)31(22-35(46)40(7)18-15-19-43(40)8)38(48)44(9)33(25(2)3)23-34(51-28(6)45)37-42-32(24-52-37)36(47)41-30(20-27(5)39(49)50-10)21-29-16-13-12-14-17-29/h12-14,16-17,24-27,30-31,33-34H,11,15,18-23H2,1-10H3,(H,41,47)/t26-,27-,30+,31-,33+,34+,40+/m0/s1. The maximum absolute atomic E-state index is 14.3. The molecule has 12 heteroatoms. The summed E-state index contributed by atoms with van der Waals surface area (Å²) in [6, 6.07) is 8.99. The van der Waals surface area contributed by atoms with Crippen LogP contribution in [0.4, 0.5) is 0 Å². The van der Waals surface area contributed by atoms with E-state index in [1.165, 1.54) is 25.4 Å². The molecule has 52 heavy (non-hydrogen) atoms. The van der Waals surface area contributed by atoms with Crippen LogP contribution < -0.4 is 5.32 Å². The molecule has 2 aromatic rings. The van der Waals surface area contributed by atoms with E-state index in [1.807, 2.05) is 72.0 Å². The molecule has 0 saturated carbocycles. The zero-order valence-corrected chi connectivity index (χ0v) is 33.6. The van der Waals surface area contributed by atoms with Gasteiger partial charge in [0, 0.05) is 50.2 Å². The second-order valence-electron chi connectivity index (χ2n) is 15.1. The summed E-state index contributed by atoms with van der Waals surface area (Å²) in [6.45, 7) is 14.0. The number of ether oxygens (including phenoxy) is 2. The lowest BCUT2D eigenvalue weighted by molar-refractivity contribution is -0.150. The number of thiazole rings is 1. The second-order valence-corrected chi connectivity index (χ2v) is 16.0. The number of carbonyl (C=O) groups is 5. The molecule has 0 aliphatic carbocycles. The van der Waals surface area contributed by atoms with Gasteiger partial charge in [-0.15, -0.1) is 11.3 Å². The molecule has 0 unspecified atom stereocenters. The summed E-state index contributed by atoms with van der Waals surface area (Å²) in [5, 5.41) is 5.13. The van der Waals surface area contributed by atoms with Crippen LogP contribution in [0.1, 0.15) is 114 Å². The zero-order chi connectivity index (χ0) is 38.7. The smallest absolute Gasteiger partial charge is 0.308 e. The van der Waals surface area contributed by atoms with Gasteiger partial charge in [-0.25, -0.2) is 4.98 Å². The summed E-state index contributed by atoms with van der Waals surface area (Å²) in [6.07, 6.45) is 3.01. The third-order valence-corrected chi connectivity index (χ3v) is 11.9. The Kier molecular flexibility index (Phi) is 16.0. The predicted molar refractivity (Wildman–Crippen MR) is 203 cm³/mol. The lowest BCUT2D eigenvalue weighted by Gasteiger charge is -2.38. The van der Waals surface area contributed by atoms with E-state index in [2.05, 4.69) is 15.2 Å². The fourth-order valence-corrected chi connectivity index (χ4v) is 8.06. The summed E-state index contributed by atoms with van der Waals surface area (Å²) in [5.41, 5.74) is 0.614. The van der Waals surface area contributed by atoms with Crippen LogP contribution in [-0.2, 0) is 35.1 Å². The van der Waals surface area contributed by atoms with Crippen LogP contribution in [0.2, 0.25) is 0 Å². The van der Waals surface area contributed by atoms with Crippen molar-refractivity contribution in [3.63, 3.8) is 0 Å². The number of hydrogen-bond donors (Lipinski definition) is 1. The Bertz CT molecular complexity index is 1510. The molecule has 1 saturated heterocycles. The highest BCUT2D eigenvalue weighted by atomic mass is 32.1. The quantitative estimate of drug-likeness (QED) is 0.166. The third kappa shape index (κ3) is 11.2. The van der Waals surface area contributed by atoms with Gasteiger partial charge < -0.3 is 19.7 Å². The number of aromatic nitrogens is 1. The maximum atomic E-state index is 14.3. The summed E-state index contributed by atoms with van der Waals surface area (Å²) >= 11 is 1.22. The molecule has 1 fully saturated rings. The molecule has 2 amide bonds. The van der Waals surface area contributed by atoms with Crippen molar-refractivity contribution in [1.82, 2.24) is 20.1 Å². The number of nitrogens with one attached hydrogen (secondary N) is 1. The Balaban J connectivity index is 1.83. The monoisotopic (exact) mass is 740 g/mol. The number of likely N-dealkylation sites (N-methyl/N-ethyl adjacent to an activating group) is 1. The highest BCUT2D eigenvalue weighted by Gasteiger charge is 2.44. The van der Waals surface area contributed by atoms with Crippen molar-refractivity contribution in [2.45, 2.75) is 117 Å². The second kappa shape index (κ2) is 19.4. The SMILES string of the molecule is CC[C@H](C)[C@H](CC(=O)[C@@]1(C)CCCN1C)C(=O)N(C)[C@H](C[C@@H](OC(C)=O)c1nc(C(=O)N[C@@H](Cc2ccccc2)C[C@H](C)C(=O)OC)cs1)C(C)C. The van der Waals surface area contributed by atoms with Gasteiger partial charge in [0.05, 0.1) is 18.6 Å². The van der Waals surface area contributed by atoms with E-state index in [1.54, 1.807) is 24.3 Å². The number of carbonyl (C=O) groups excluding carboxylic acids is 5. The number of Topliss-reactive ketones (excluding diaryl/α,β-unsaturated/α-hetero) is 1. The van der Waals surface area contributed by atoms with E-state index in [-0.39, 0.29) is 60.1 Å². The molecule has 0 spiro atoms. The van der Waals surface area contributed by atoms with Crippen molar-refractivity contribution >= 4 is 40.9 Å². The highest BCUT2D eigenvalue weighted by Crippen LogP contribution is 2.35. The van der Waals surface area contributed by atoms with Gasteiger partial charge in [0.1, 0.15) is 10.7 Å². The van der Waals surface area contributed by atoms with E-state index < -0.39 is 35.4 Å². The van der Waals surface area contributed by atoms with Crippen LogP contribution in [-0.4, -0.2) is 89.7 Å². The van der Waals surface area contributed by atoms with E-state index in [9.17, 15) is 24.0 Å². The molecule has 7 atom stereocenters. The van der Waals surface area contributed by atoms with Gasteiger partial charge in [-0.2, -0.15) is 0 Å². The minimum atomic E-state index is -0.805. The molecule has 1 aromatic heterocycles. The van der Waals surface area contributed by atoms with Gasteiger partial charge in [-0.1, -0.05) is 71.4 Å². The first-order valence-electron chi connectivity index (χ1n) is 18.6. The van der Waals surface area contributed by atoms with Gasteiger partial charge in [0.2, 0.25) is 5.91 Å². The molecule has 1 aliphatic rings. The van der Waals surface area contributed by atoms with Crippen LogP contribution >= 0.6 is 11.3 Å². The zero-order valence-electron chi connectivity index (χ0n) is 32.8. The van der Waals surface area contributed by atoms with Crippen molar-refractivity contribution < 1.29 is 33.4 Å². The first kappa shape index (κ1) is 42.8. The van der Waals surface area contributed by atoms with Crippen molar-refractivity contribution in [3.05, 3.63) is 52.0 Å². The number of hydrogen-bond acceptors (Lipinski definition) is 10. The molecule has 1 aromatic carbocycles. The van der Waals surface area contributed by atoms with Crippen LogP contribution in [0.15, 0.2) is 35.7 Å². The van der Waals surface area contributed by atoms with Crippen molar-refractivity contribution in [2.24, 2.45) is 23.7 Å². The third-order valence-electron chi connectivity index (χ3n) is 11.0. The molecule has 1 aliphatic heterocycles. The van der Waals surface area contributed by atoms with Crippen molar-refractivity contribution in [1.29, 1.82) is 0 Å². The van der Waals surface area contributed by atoms with Gasteiger partial charge in [0.25, 0.3) is 5.91 Å². The molecule has 11 nitrogen and oxygen atoms in total. The minimum absolute atomic E-state index is 0.00681. The van der Waals surface area contributed by atoms with Gasteiger partial charge in [-0.05, 0) is 63.6 Å². The van der Waals surface area contributed by atoms with E-state index in [0.29, 0.717) is 17.8 Å². The van der Waals surface area contributed by atoms with E-state index in [0.717, 1.165) is 31.4 Å². The van der Waals surface area contributed by atoms with Crippen molar-refractivity contribution in [2.75, 3.05) is 27.7 Å². The number of rotatable bonds is 19. The molecule has 2 heterocycles.